The highest BCUT2D eigenvalue weighted by atomic mass is 79.9. The van der Waals surface area contributed by atoms with Gasteiger partial charge in [0.05, 0.1) is 23.9 Å². The number of nitriles is 1. The van der Waals surface area contributed by atoms with E-state index in [1.54, 1.807) is 6.20 Å². The van der Waals surface area contributed by atoms with E-state index >= 15 is 0 Å². The highest BCUT2D eigenvalue weighted by Gasteiger charge is 2.14. The van der Waals surface area contributed by atoms with Gasteiger partial charge in [0.1, 0.15) is 4.60 Å². The third-order valence-electron chi connectivity index (χ3n) is 2.83. The maximum absolute atomic E-state index is 10.9. The molecule has 1 rings (SSSR count). The fourth-order valence-corrected chi connectivity index (χ4v) is 3.25. The van der Waals surface area contributed by atoms with Crippen molar-refractivity contribution in [1.82, 2.24) is 9.55 Å². The van der Waals surface area contributed by atoms with E-state index in [0.29, 0.717) is 0 Å². The minimum absolute atomic E-state index is 0.0818. The first-order valence-electron chi connectivity index (χ1n) is 6.82. The number of carbonyl (C=O) groups is 1. The number of hydrogen-bond donors (Lipinski definition) is 1. The maximum Gasteiger partial charge on any atom is 0.227 e. The Labute approximate surface area is 143 Å². The second-order valence-corrected chi connectivity index (χ2v) is 6.56. The van der Waals surface area contributed by atoms with Crippen LogP contribution in [0.2, 0.25) is 0 Å². The highest BCUT2D eigenvalue weighted by molar-refractivity contribution is 9.10. The Hall–Kier alpha value is -1.52. The molecule has 2 atom stereocenters. The van der Waals surface area contributed by atoms with E-state index in [4.69, 9.17) is 11.0 Å². The highest BCUT2D eigenvalue weighted by Crippen LogP contribution is 2.27. The van der Waals surface area contributed by atoms with E-state index in [-0.39, 0.29) is 23.6 Å². The van der Waals surface area contributed by atoms with Gasteiger partial charge >= 0.3 is 0 Å². The van der Waals surface area contributed by atoms with Crippen LogP contribution in [0, 0.1) is 17.2 Å². The van der Waals surface area contributed by atoms with Gasteiger partial charge in [-0.05, 0) is 36.2 Å². The summed E-state index contributed by atoms with van der Waals surface area (Å²) >= 11 is 4.80. The lowest BCUT2D eigenvalue weighted by Crippen LogP contribution is -2.14. The zero-order valence-electron chi connectivity index (χ0n) is 12.6. The summed E-state index contributed by atoms with van der Waals surface area (Å²) in [7, 11) is 0. The van der Waals surface area contributed by atoms with Crippen molar-refractivity contribution in [2.75, 3.05) is 5.75 Å². The first-order valence-corrected chi connectivity index (χ1v) is 8.60. The first kappa shape index (κ1) is 18.5. The molecule has 7 heteroatoms. The van der Waals surface area contributed by atoms with Crippen molar-refractivity contribution in [1.29, 1.82) is 5.26 Å². The SMILES string of the molecule is CC(C#N)C=CC=CCC(C)n1c(Br)cnc1SCC(N)=O. The minimum Gasteiger partial charge on any atom is -0.369 e. The molecule has 1 aromatic rings. The molecule has 0 radical (unpaired) electrons. The lowest BCUT2D eigenvalue weighted by Gasteiger charge is -2.15. The minimum atomic E-state index is -0.361. The van der Waals surface area contributed by atoms with Crippen LogP contribution in [-0.4, -0.2) is 21.2 Å². The largest absolute Gasteiger partial charge is 0.369 e. The summed E-state index contributed by atoms with van der Waals surface area (Å²) < 4.78 is 2.90. The second kappa shape index (κ2) is 9.49. The van der Waals surface area contributed by atoms with Crippen molar-refractivity contribution in [3.8, 4) is 6.07 Å². The number of amides is 1. The van der Waals surface area contributed by atoms with Gasteiger partial charge in [0.2, 0.25) is 5.91 Å². The van der Waals surface area contributed by atoms with Crippen molar-refractivity contribution in [3.63, 3.8) is 0 Å². The Bertz CT molecular complexity index is 603. The summed E-state index contributed by atoms with van der Waals surface area (Å²) in [6, 6.07) is 2.33. The molecule has 0 bridgehead atoms. The summed E-state index contributed by atoms with van der Waals surface area (Å²) in [5.41, 5.74) is 5.17. The molecular formula is C15H19BrN4OS. The third kappa shape index (κ3) is 6.08. The zero-order valence-corrected chi connectivity index (χ0v) is 15.0. The molecule has 1 amide bonds. The fourth-order valence-electron chi connectivity index (χ4n) is 1.70. The number of nitrogens with zero attached hydrogens (tertiary/aromatic N) is 3. The topological polar surface area (TPSA) is 84.7 Å². The molecule has 0 aliphatic heterocycles. The number of primary amides is 1. The van der Waals surface area contributed by atoms with Crippen molar-refractivity contribution in [3.05, 3.63) is 35.1 Å². The van der Waals surface area contributed by atoms with E-state index < -0.39 is 0 Å². The van der Waals surface area contributed by atoms with E-state index in [9.17, 15) is 4.79 Å². The van der Waals surface area contributed by atoms with Crippen molar-refractivity contribution >= 4 is 33.6 Å². The predicted octanol–water partition coefficient (Wildman–Crippen LogP) is 3.45. The molecule has 0 fully saturated rings. The summed E-state index contributed by atoms with van der Waals surface area (Å²) in [5, 5.41) is 9.44. The summed E-state index contributed by atoms with van der Waals surface area (Å²) in [5.74, 6) is -0.234. The molecule has 2 unspecified atom stereocenters. The van der Waals surface area contributed by atoms with E-state index in [0.717, 1.165) is 16.2 Å². The van der Waals surface area contributed by atoms with Crippen molar-refractivity contribution in [2.45, 2.75) is 31.5 Å². The van der Waals surface area contributed by atoms with Gasteiger partial charge in [-0.25, -0.2) is 4.98 Å². The average molecular weight is 383 g/mol. The number of allylic oxidation sites excluding steroid dienone is 4. The number of halogens is 1. The average Bonchev–Trinajstić information content (AvgIpc) is 2.85. The van der Waals surface area contributed by atoms with E-state index in [1.165, 1.54) is 11.8 Å². The number of thioether (sulfide) groups is 1. The molecule has 1 aromatic heterocycles. The van der Waals surface area contributed by atoms with Crippen LogP contribution >= 0.6 is 27.7 Å². The van der Waals surface area contributed by atoms with Crippen LogP contribution in [0.1, 0.15) is 26.3 Å². The quantitative estimate of drug-likeness (QED) is 0.550. The normalized spacial score (nSPS) is 14.3. The maximum atomic E-state index is 10.9. The molecule has 22 heavy (non-hydrogen) atoms. The Balaban J connectivity index is 2.65. The molecule has 0 aromatic carbocycles. The van der Waals surface area contributed by atoms with Crippen LogP contribution in [0.25, 0.3) is 0 Å². The Morgan fingerprint density at radius 1 is 1.59 bits per heavy atom. The zero-order chi connectivity index (χ0) is 16.5. The molecule has 0 aliphatic carbocycles. The van der Waals surface area contributed by atoms with Crippen molar-refractivity contribution < 1.29 is 4.79 Å². The van der Waals surface area contributed by atoms with Crippen LogP contribution in [0.15, 0.2) is 40.3 Å². The lowest BCUT2D eigenvalue weighted by atomic mass is 10.2. The van der Waals surface area contributed by atoms with Gasteiger partial charge in [-0.2, -0.15) is 5.26 Å². The Kier molecular flexibility index (Phi) is 7.99. The predicted molar refractivity (Wildman–Crippen MR) is 92.2 cm³/mol. The standard InChI is InChI=1S/C15H19BrN4OS/c1-11(8-17)6-4-3-5-7-12(2)20-13(16)9-19-15(20)22-10-14(18)21/h3-6,9,11-12H,7,10H2,1-2H3,(H2,18,21). The summed E-state index contributed by atoms with van der Waals surface area (Å²) in [6.45, 7) is 3.92. The van der Waals surface area contributed by atoms with Gasteiger partial charge in [0, 0.05) is 6.04 Å². The van der Waals surface area contributed by atoms with Gasteiger partial charge in [-0.3, -0.25) is 4.79 Å². The van der Waals surface area contributed by atoms with Gasteiger partial charge in [-0.15, -0.1) is 0 Å². The molecule has 1 heterocycles. The number of rotatable bonds is 8. The monoisotopic (exact) mass is 382 g/mol. The molecule has 0 saturated carbocycles. The lowest BCUT2D eigenvalue weighted by molar-refractivity contribution is -0.115. The third-order valence-corrected chi connectivity index (χ3v) is 4.41. The van der Waals surface area contributed by atoms with E-state index in [1.807, 2.05) is 35.8 Å². The summed E-state index contributed by atoms with van der Waals surface area (Å²) in [6.07, 6.45) is 10.2. The molecule has 118 valence electrons. The van der Waals surface area contributed by atoms with E-state index in [2.05, 4.69) is 33.9 Å². The second-order valence-electron chi connectivity index (χ2n) is 4.80. The number of aromatic nitrogens is 2. The Morgan fingerprint density at radius 3 is 2.95 bits per heavy atom. The number of imidazole rings is 1. The molecule has 0 spiro atoms. The molecule has 2 N–H and O–H groups in total. The van der Waals surface area contributed by atoms with Crippen LogP contribution in [-0.2, 0) is 4.79 Å². The molecule has 0 saturated heterocycles. The molecule has 0 aliphatic rings. The van der Waals surface area contributed by atoms with Gasteiger partial charge in [0.15, 0.2) is 5.16 Å². The van der Waals surface area contributed by atoms with Gasteiger partial charge in [0.25, 0.3) is 0 Å². The van der Waals surface area contributed by atoms with Crippen LogP contribution in [0.5, 0.6) is 0 Å². The van der Waals surface area contributed by atoms with Crippen molar-refractivity contribution in [2.24, 2.45) is 11.7 Å². The number of carbonyl (C=O) groups excluding carboxylic acids is 1. The van der Waals surface area contributed by atoms with Gasteiger partial charge in [-0.1, -0.05) is 36.1 Å². The fraction of sp³-hybridized carbons (Fsp3) is 0.400. The molecule has 5 nitrogen and oxygen atoms in total. The smallest absolute Gasteiger partial charge is 0.227 e. The number of hydrogen-bond acceptors (Lipinski definition) is 4. The number of nitrogens with two attached hydrogens (primary N) is 1. The Morgan fingerprint density at radius 2 is 2.32 bits per heavy atom. The van der Waals surface area contributed by atoms with Crippen LogP contribution in [0.4, 0.5) is 0 Å². The molecular weight excluding hydrogens is 364 g/mol. The van der Waals surface area contributed by atoms with Gasteiger partial charge < -0.3 is 10.3 Å². The summed E-state index contributed by atoms with van der Waals surface area (Å²) in [4.78, 5) is 15.2. The first-order chi connectivity index (χ1) is 10.5. The van der Waals surface area contributed by atoms with Crippen LogP contribution in [0.3, 0.4) is 0 Å². The van der Waals surface area contributed by atoms with Crippen LogP contribution < -0.4 is 5.73 Å².